The van der Waals surface area contributed by atoms with Crippen LogP contribution in [-0.2, 0) is 0 Å². The third kappa shape index (κ3) is 2.98. The van der Waals surface area contributed by atoms with Gasteiger partial charge in [-0.1, -0.05) is 18.2 Å². The zero-order valence-electron chi connectivity index (χ0n) is 11.0. The summed E-state index contributed by atoms with van der Waals surface area (Å²) in [4.78, 5) is 10.1. The topological polar surface area (TPSA) is 78.8 Å². The lowest BCUT2D eigenvalue weighted by Crippen LogP contribution is -2.21. The number of aromatic nitrogens is 2. The Morgan fingerprint density at radius 1 is 1.30 bits per heavy atom. The van der Waals surface area contributed by atoms with Gasteiger partial charge in [0.05, 0.1) is 23.9 Å². The summed E-state index contributed by atoms with van der Waals surface area (Å²) in [6, 6.07) is 11.8. The van der Waals surface area contributed by atoms with Crippen molar-refractivity contribution in [2.45, 2.75) is 13.3 Å². The van der Waals surface area contributed by atoms with Gasteiger partial charge in [-0.2, -0.15) is 10.2 Å². The van der Waals surface area contributed by atoms with Gasteiger partial charge in [0.15, 0.2) is 5.82 Å². The van der Waals surface area contributed by atoms with Crippen LogP contribution in [0, 0.1) is 18.3 Å². The highest BCUT2D eigenvalue weighted by Crippen LogP contribution is 2.30. The molecule has 102 valence electrons. The van der Waals surface area contributed by atoms with E-state index in [2.05, 4.69) is 16.0 Å². The Labute approximate surface area is 122 Å². The van der Waals surface area contributed by atoms with Crippen molar-refractivity contribution >= 4 is 28.8 Å². The summed E-state index contributed by atoms with van der Waals surface area (Å²) in [7, 11) is 0. The normalized spacial score (nSPS) is 10.1. The van der Waals surface area contributed by atoms with Gasteiger partial charge in [0.2, 0.25) is 5.28 Å². The minimum absolute atomic E-state index is 0.143. The first-order chi connectivity index (χ1) is 9.63. The van der Waals surface area contributed by atoms with Crippen LogP contribution in [0.1, 0.15) is 12.1 Å². The van der Waals surface area contributed by atoms with Gasteiger partial charge in [0.1, 0.15) is 0 Å². The van der Waals surface area contributed by atoms with Gasteiger partial charge in [-0.15, -0.1) is 0 Å². The number of benzene rings is 1. The summed E-state index contributed by atoms with van der Waals surface area (Å²) < 4.78 is 0. The Morgan fingerprint density at radius 2 is 2.00 bits per heavy atom. The van der Waals surface area contributed by atoms with E-state index in [0.717, 1.165) is 5.69 Å². The zero-order valence-corrected chi connectivity index (χ0v) is 11.8. The standard InChI is InChI=1S/C14H14ClN5/c1-10-12(17)13(19-14(15)18-10)20(9-5-8-16)11-6-3-2-4-7-11/h2-4,6-7H,5,9,17H2,1H3. The van der Waals surface area contributed by atoms with Gasteiger partial charge in [-0.3, -0.25) is 0 Å². The maximum absolute atomic E-state index is 8.82. The molecule has 0 saturated heterocycles. The zero-order chi connectivity index (χ0) is 14.5. The first-order valence-corrected chi connectivity index (χ1v) is 6.50. The molecule has 0 spiro atoms. The predicted octanol–water partition coefficient (Wildman–Crippen LogP) is 3.07. The van der Waals surface area contributed by atoms with Crippen LogP contribution in [0.3, 0.4) is 0 Å². The number of nitriles is 1. The number of aryl methyl sites for hydroxylation is 1. The number of rotatable bonds is 4. The van der Waals surface area contributed by atoms with Gasteiger partial charge >= 0.3 is 0 Å². The van der Waals surface area contributed by atoms with Crippen molar-refractivity contribution < 1.29 is 0 Å². The SMILES string of the molecule is Cc1nc(Cl)nc(N(CCC#N)c2ccccc2)c1N. The van der Waals surface area contributed by atoms with Crippen LogP contribution in [0.15, 0.2) is 30.3 Å². The fourth-order valence-electron chi connectivity index (χ4n) is 1.87. The predicted molar refractivity (Wildman–Crippen MR) is 79.9 cm³/mol. The molecule has 0 radical (unpaired) electrons. The molecular weight excluding hydrogens is 274 g/mol. The molecule has 2 aromatic rings. The third-order valence-corrected chi connectivity index (χ3v) is 3.03. The lowest BCUT2D eigenvalue weighted by atomic mass is 10.2. The average Bonchev–Trinajstić information content (AvgIpc) is 2.45. The maximum Gasteiger partial charge on any atom is 0.224 e. The largest absolute Gasteiger partial charge is 0.394 e. The van der Waals surface area contributed by atoms with E-state index in [4.69, 9.17) is 22.6 Å². The van der Waals surface area contributed by atoms with Crippen molar-refractivity contribution in [1.29, 1.82) is 5.26 Å². The summed E-state index contributed by atoms with van der Waals surface area (Å²) in [6.07, 6.45) is 0.356. The molecule has 0 bridgehead atoms. The van der Waals surface area contributed by atoms with Crippen LogP contribution in [0.2, 0.25) is 5.28 Å². The number of nitrogens with two attached hydrogens (primary N) is 1. The highest BCUT2D eigenvalue weighted by atomic mass is 35.5. The molecular formula is C14H14ClN5. The van der Waals surface area contributed by atoms with Crippen LogP contribution in [0.25, 0.3) is 0 Å². The monoisotopic (exact) mass is 287 g/mol. The van der Waals surface area contributed by atoms with Crippen molar-refractivity contribution in [1.82, 2.24) is 9.97 Å². The average molecular weight is 288 g/mol. The first kappa shape index (κ1) is 14.1. The van der Waals surface area contributed by atoms with E-state index >= 15 is 0 Å². The number of hydrogen-bond donors (Lipinski definition) is 1. The molecule has 1 heterocycles. The molecule has 0 aliphatic rings. The molecule has 0 amide bonds. The van der Waals surface area contributed by atoms with Gasteiger partial charge in [0.25, 0.3) is 0 Å². The summed E-state index contributed by atoms with van der Waals surface area (Å²) >= 11 is 5.92. The molecule has 0 aliphatic carbocycles. The highest BCUT2D eigenvalue weighted by molar-refractivity contribution is 6.28. The number of nitrogens with zero attached hydrogens (tertiary/aromatic N) is 4. The molecule has 0 atom stereocenters. The van der Waals surface area contributed by atoms with Crippen LogP contribution >= 0.6 is 11.6 Å². The second-order valence-electron chi connectivity index (χ2n) is 4.21. The van der Waals surface area contributed by atoms with Crippen molar-refractivity contribution in [3.63, 3.8) is 0 Å². The fourth-order valence-corrected chi connectivity index (χ4v) is 2.07. The Balaban J connectivity index is 2.50. The van der Waals surface area contributed by atoms with E-state index in [0.29, 0.717) is 30.2 Å². The van der Waals surface area contributed by atoms with Gasteiger partial charge < -0.3 is 10.6 Å². The number of para-hydroxylation sites is 1. The molecule has 2 rings (SSSR count). The second kappa shape index (κ2) is 6.22. The highest BCUT2D eigenvalue weighted by Gasteiger charge is 2.16. The van der Waals surface area contributed by atoms with Crippen molar-refractivity contribution in [2.75, 3.05) is 17.2 Å². The molecule has 6 heteroatoms. The van der Waals surface area contributed by atoms with Crippen molar-refractivity contribution in [2.24, 2.45) is 0 Å². The molecule has 5 nitrogen and oxygen atoms in total. The number of anilines is 3. The molecule has 20 heavy (non-hydrogen) atoms. The number of nitrogen functional groups attached to an aromatic ring is 1. The molecule has 0 saturated carbocycles. The molecule has 0 unspecified atom stereocenters. The molecule has 1 aromatic heterocycles. The van der Waals surface area contributed by atoms with Crippen LogP contribution < -0.4 is 10.6 Å². The van der Waals surface area contributed by atoms with Crippen molar-refractivity contribution in [3.05, 3.63) is 41.3 Å². The smallest absolute Gasteiger partial charge is 0.224 e. The third-order valence-electron chi connectivity index (χ3n) is 2.86. The van der Waals surface area contributed by atoms with E-state index < -0.39 is 0 Å². The maximum atomic E-state index is 8.82. The Morgan fingerprint density at radius 3 is 2.65 bits per heavy atom. The van der Waals surface area contributed by atoms with Crippen LogP contribution in [-0.4, -0.2) is 16.5 Å². The van der Waals surface area contributed by atoms with Crippen LogP contribution in [0.5, 0.6) is 0 Å². The molecule has 2 N–H and O–H groups in total. The molecule has 0 aliphatic heterocycles. The quantitative estimate of drug-likeness (QED) is 0.874. The number of halogens is 1. The van der Waals surface area contributed by atoms with Gasteiger partial charge in [-0.05, 0) is 30.7 Å². The van der Waals surface area contributed by atoms with Crippen molar-refractivity contribution in [3.8, 4) is 6.07 Å². The van der Waals surface area contributed by atoms with E-state index in [1.165, 1.54) is 0 Å². The van der Waals surface area contributed by atoms with E-state index in [1.54, 1.807) is 6.92 Å². The molecule has 0 fully saturated rings. The first-order valence-electron chi connectivity index (χ1n) is 6.12. The van der Waals surface area contributed by atoms with Crippen LogP contribution in [0.4, 0.5) is 17.2 Å². The summed E-state index contributed by atoms with van der Waals surface area (Å²) in [6.45, 7) is 2.26. The summed E-state index contributed by atoms with van der Waals surface area (Å²) in [5.41, 5.74) is 8.05. The van der Waals surface area contributed by atoms with Gasteiger partial charge in [-0.25, -0.2) is 4.98 Å². The fraction of sp³-hybridized carbons (Fsp3) is 0.214. The second-order valence-corrected chi connectivity index (χ2v) is 4.55. The lowest BCUT2D eigenvalue weighted by Gasteiger charge is -2.24. The number of hydrogen-bond acceptors (Lipinski definition) is 5. The Hall–Kier alpha value is -2.32. The summed E-state index contributed by atoms with van der Waals surface area (Å²) in [5, 5.41) is 8.96. The van der Waals surface area contributed by atoms with E-state index in [1.807, 2.05) is 35.2 Å². The van der Waals surface area contributed by atoms with Gasteiger partial charge in [0, 0.05) is 12.2 Å². The van der Waals surface area contributed by atoms with E-state index in [9.17, 15) is 0 Å². The minimum atomic E-state index is 0.143. The molecule has 1 aromatic carbocycles. The lowest BCUT2D eigenvalue weighted by molar-refractivity contribution is 0.918. The Bertz CT molecular complexity index is 636. The Kier molecular flexibility index (Phi) is 4.38. The minimum Gasteiger partial charge on any atom is -0.394 e. The summed E-state index contributed by atoms with van der Waals surface area (Å²) in [5.74, 6) is 0.531. The van der Waals surface area contributed by atoms with E-state index in [-0.39, 0.29) is 5.28 Å².